The molecule has 1 aromatic carbocycles. The van der Waals surface area contributed by atoms with Crippen LogP contribution in [-0.2, 0) is 0 Å². The van der Waals surface area contributed by atoms with Crippen molar-refractivity contribution in [1.82, 2.24) is 35.1 Å². The second kappa shape index (κ2) is 12.7. The number of hydrogen-bond acceptors (Lipinski definition) is 12. The van der Waals surface area contributed by atoms with E-state index in [-0.39, 0.29) is 17.1 Å². The molecule has 44 heavy (non-hydrogen) atoms. The summed E-state index contributed by atoms with van der Waals surface area (Å²) in [5, 5.41) is 14.2. The van der Waals surface area contributed by atoms with E-state index in [1.54, 1.807) is 12.1 Å². The Morgan fingerprint density at radius 2 is 1.75 bits per heavy atom. The lowest BCUT2D eigenvalue weighted by atomic mass is 9.90. The van der Waals surface area contributed by atoms with Crippen molar-refractivity contribution >= 4 is 45.9 Å². The predicted molar refractivity (Wildman–Crippen MR) is 175 cm³/mol. The molecule has 0 spiro atoms. The number of rotatable bonds is 7. The Balaban J connectivity index is 1.34. The summed E-state index contributed by atoms with van der Waals surface area (Å²) in [6.45, 7) is 13.8. The highest BCUT2D eigenvalue weighted by Gasteiger charge is 2.28. The minimum absolute atomic E-state index is 0.110. The molecule has 2 saturated heterocycles. The van der Waals surface area contributed by atoms with E-state index in [2.05, 4.69) is 47.3 Å². The molecule has 2 aliphatic rings. The lowest BCUT2D eigenvalue weighted by Crippen LogP contribution is -2.52. The number of fused-ring (bicyclic) bond motifs is 1. The maximum Gasteiger partial charge on any atom is 0.256 e. The Morgan fingerprint density at radius 3 is 2.43 bits per heavy atom. The van der Waals surface area contributed by atoms with Crippen molar-refractivity contribution < 1.29 is 4.79 Å². The third-order valence-corrected chi connectivity index (χ3v) is 8.42. The second-order valence-corrected chi connectivity index (χ2v) is 12.8. The smallest absolute Gasteiger partial charge is 0.256 e. The second-order valence-electron chi connectivity index (χ2n) is 12.8. The molecule has 0 aliphatic carbocycles. The van der Waals surface area contributed by atoms with Crippen molar-refractivity contribution in [3.8, 4) is 0 Å². The van der Waals surface area contributed by atoms with E-state index >= 15 is 0 Å². The van der Waals surface area contributed by atoms with Gasteiger partial charge in [0.05, 0.1) is 0 Å². The zero-order valence-electron chi connectivity index (χ0n) is 26.3. The monoisotopic (exact) mass is 600 g/mol. The van der Waals surface area contributed by atoms with Crippen LogP contribution in [0.15, 0.2) is 36.4 Å². The highest BCUT2D eigenvalue weighted by Crippen LogP contribution is 2.29. The number of carbonyl (C=O) groups excluding carboxylic acids is 1. The lowest BCUT2D eigenvalue weighted by molar-refractivity contribution is 0.0965. The Hall–Kier alpha value is -4.36. The molecule has 2 fully saturated rings. The zero-order chi connectivity index (χ0) is 31.6. The number of allylic oxidation sites excluding steroid dienone is 1. The van der Waals surface area contributed by atoms with Crippen LogP contribution in [0.4, 0.5) is 23.3 Å². The fourth-order valence-electron chi connectivity index (χ4n) is 5.45. The molecular formula is C31H44N12O. The maximum atomic E-state index is 13.0. The molecule has 0 atom stereocenters. The number of carbonyl (C=O) groups is 1. The summed E-state index contributed by atoms with van der Waals surface area (Å²) in [6.07, 6.45) is 4.99. The Labute approximate surface area is 258 Å². The molecule has 2 aliphatic heterocycles. The van der Waals surface area contributed by atoms with Crippen molar-refractivity contribution in [3.63, 3.8) is 0 Å². The molecule has 0 radical (unpaired) electrons. The first-order valence-electron chi connectivity index (χ1n) is 15.1. The Morgan fingerprint density at radius 1 is 1.05 bits per heavy atom. The van der Waals surface area contributed by atoms with Gasteiger partial charge >= 0.3 is 0 Å². The van der Waals surface area contributed by atoms with E-state index in [4.69, 9.17) is 21.9 Å². The summed E-state index contributed by atoms with van der Waals surface area (Å²) in [5.74, 6) is 1.06. The molecule has 13 heteroatoms. The van der Waals surface area contributed by atoms with Gasteiger partial charge in [0.2, 0.25) is 5.95 Å². The first kappa shape index (κ1) is 31.1. The number of likely N-dealkylation sites (N-methyl/N-ethyl adjacent to an activating group) is 1. The van der Waals surface area contributed by atoms with Gasteiger partial charge in [0.1, 0.15) is 23.2 Å². The van der Waals surface area contributed by atoms with Crippen molar-refractivity contribution in [2.24, 2.45) is 11.1 Å². The summed E-state index contributed by atoms with van der Waals surface area (Å²) < 4.78 is 0. The van der Waals surface area contributed by atoms with E-state index in [9.17, 15) is 4.79 Å². The number of piperidine rings is 1. The normalized spacial score (nSPS) is 17.6. The Kier molecular flexibility index (Phi) is 8.97. The van der Waals surface area contributed by atoms with Gasteiger partial charge in [-0.05, 0) is 50.6 Å². The highest BCUT2D eigenvalue weighted by molar-refractivity contribution is 6.00. The maximum absolute atomic E-state index is 13.0. The molecule has 1 amide bonds. The van der Waals surface area contributed by atoms with Gasteiger partial charge in [-0.3, -0.25) is 9.69 Å². The van der Waals surface area contributed by atoms with Gasteiger partial charge in [-0.1, -0.05) is 26.8 Å². The number of amides is 1. The molecule has 0 saturated carbocycles. The van der Waals surface area contributed by atoms with Gasteiger partial charge in [-0.25, -0.2) is 15.0 Å². The number of nitrogen functional groups attached to an aromatic ring is 1. The van der Waals surface area contributed by atoms with Crippen LogP contribution < -0.4 is 27.0 Å². The van der Waals surface area contributed by atoms with Crippen LogP contribution >= 0.6 is 0 Å². The molecule has 0 bridgehead atoms. The van der Waals surface area contributed by atoms with Crippen LogP contribution in [0.1, 0.15) is 49.5 Å². The van der Waals surface area contributed by atoms with Crippen LogP contribution in [0, 0.1) is 17.7 Å². The summed E-state index contributed by atoms with van der Waals surface area (Å²) in [4.78, 5) is 38.5. The molecule has 234 valence electrons. The van der Waals surface area contributed by atoms with Crippen LogP contribution in [0.2, 0.25) is 0 Å². The zero-order valence-corrected chi connectivity index (χ0v) is 26.3. The van der Waals surface area contributed by atoms with E-state index < -0.39 is 0 Å². The van der Waals surface area contributed by atoms with Gasteiger partial charge in [-0.15, -0.1) is 0 Å². The number of benzene rings is 1. The summed E-state index contributed by atoms with van der Waals surface area (Å²) >= 11 is 0. The van der Waals surface area contributed by atoms with Crippen molar-refractivity contribution in [2.45, 2.75) is 46.6 Å². The molecule has 0 unspecified atom stereocenters. The van der Waals surface area contributed by atoms with Crippen molar-refractivity contribution in [2.75, 3.05) is 62.3 Å². The number of nitrogens with one attached hydrogen (secondary N) is 3. The molecule has 4 heterocycles. The molecule has 7 N–H and O–H groups in total. The SMILES string of the molecule is Cc1ccc(C(=O)N/C(N)=C/C(=N)C(C)(C)C)cc1Nc1ncnc2c(N)nc(N3CCC(N4CCN(C)CC4)CC3)nc12. The van der Waals surface area contributed by atoms with E-state index in [0.717, 1.165) is 57.7 Å². The van der Waals surface area contributed by atoms with Gasteiger partial charge in [0.15, 0.2) is 11.6 Å². The summed E-state index contributed by atoms with van der Waals surface area (Å²) in [7, 11) is 2.18. The predicted octanol–water partition coefficient (Wildman–Crippen LogP) is 2.87. The van der Waals surface area contributed by atoms with Gasteiger partial charge in [0, 0.05) is 67.7 Å². The minimum atomic E-state index is -0.384. The van der Waals surface area contributed by atoms with Gasteiger partial charge < -0.3 is 37.3 Å². The van der Waals surface area contributed by atoms with Gasteiger partial charge in [0.25, 0.3) is 5.91 Å². The summed E-state index contributed by atoms with van der Waals surface area (Å²) in [6, 6.07) is 5.87. The third-order valence-electron chi connectivity index (χ3n) is 8.42. The Bertz CT molecular complexity index is 1560. The largest absolute Gasteiger partial charge is 0.385 e. The van der Waals surface area contributed by atoms with Crippen LogP contribution in [0.25, 0.3) is 11.0 Å². The number of nitrogens with zero attached hydrogens (tertiary/aromatic N) is 7. The molecule has 5 rings (SSSR count). The highest BCUT2D eigenvalue weighted by atomic mass is 16.1. The van der Waals surface area contributed by atoms with Gasteiger partial charge in [-0.2, -0.15) is 4.98 Å². The molecule has 13 nitrogen and oxygen atoms in total. The average molecular weight is 601 g/mol. The first-order valence-corrected chi connectivity index (χ1v) is 15.1. The van der Waals surface area contributed by atoms with E-state index in [1.165, 1.54) is 12.4 Å². The molecule has 3 aromatic rings. The number of anilines is 4. The number of aryl methyl sites for hydroxylation is 1. The fraction of sp³-hybridized carbons (Fsp3) is 0.484. The first-order chi connectivity index (χ1) is 20.9. The average Bonchev–Trinajstić information content (AvgIpc) is 2.98. The van der Waals surface area contributed by atoms with E-state index in [0.29, 0.717) is 51.6 Å². The number of piperazine rings is 1. The van der Waals surface area contributed by atoms with Crippen LogP contribution in [0.5, 0.6) is 0 Å². The van der Waals surface area contributed by atoms with Crippen molar-refractivity contribution in [1.29, 1.82) is 5.41 Å². The number of hydrogen-bond donors (Lipinski definition) is 5. The van der Waals surface area contributed by atoms with Crippen LogP contribution in [-0.4, -0.2) is 93.7 Å². The topological polar surface area (TPSA) is 178 Å². The standard InChI is InChI=1S/C31H44N12O/c1-19-6-7-20(29(44)38-24(33)17-23(32)31(2,3)4)16-22(19)37-28-26-25(35-18-36-28)27(34)40-30(39-26)43-10-8-21(9-11-43)42-14-12-41(5)13-15-42/h6-7,16-18,21,32H,8-15,33H2,1-5H3,(H,38,44)(H2,34,39,40)(H,35,36,37)/b24-17+,32-23?. The third kappa shape index (κ3) is 7.05. The minimum Gasteiger partial charge on any atom is -0.385 e. The summed E-state index contributed by atoms with van der Waals surface area (Å²) in [5.41, 5.74) is 15.3. The van der Waals surface area contributed by atoms with Crippen molar-refractivity contribution in [3.05, 3.63) is 47.6 Å². The quantitative estimate of drug-likeness (QED) is 0.252. The van der Waals surface area contributed by atoms with E-state index in [1.807, 2.05) is 33.8 Å². The fourth-order valence-corrected chi connectivity index (χ4v) is 5.45. The molecule has 2 aromatic heterocycles. The van der Waals surface area contributed by atoms with Crippen LogP contribution in [0.3, 0.4) is 0 Å². The number of aromatic nitrogens is 4. The number of nitrogens with two attached hydrogens (primary N) is 2. The lowest BCUT2D eigenvalue weighted by Gasteiger charge is -2.42. The molecular weight excluding hydrogens is 556 g/mol.